The molecule has 0 aromatic heterocycles. The molecular weight excluding hydrogens is 288 g/mol. The molecule has 120 valence electrons. The summed E-state index contributed by atoms with van der Waals surface area (Å²) in [5.74, 6) is 0.0556. The van der Waals surface area contributed by atoms with E-state index in [4.69, 9.17) is 0 Å². The van der Waals surface area contributed by atoms with Gasteiger partial charge >= 0.3 is 0 Å². The summed E-state index contributed by atoms with van der Waals surface area (Å²) in [4.78, 5) is 23.9. The second kappa shape index (κ2) is 7.58. The molecular formula is C19H22N2O2. The Labute approximate surface area is 136 Å². The van der Waals surface area contributed by atoms with E-state index in [9.17, 15) is 9.59 Å². The topological polar surface area (TPSA) is 58.2 Å². The minimum atomic E-state index is -0.189. The first-order valence-corrected chi connectivity index (χ1v) is 7.81. The lowest BCUT2D eigenvalue weighted by molar-refractivity contribution is -0.115. The van der Waals surface area contributed by atoms with Gasteiger partial charge in [-0.25, -0.2) is 0 Å². The molecule has 0 unspecified atom stereocenters. The zero-order chi connectivity index (χ0) is 16.8. The van der Waals surface area contributed by atoms with Gasteiger partial charge < -0.3 is 10.6 Å². The summed E-state index contributed by atoms with van der Waals surface area (Å²) in [7, 11) is 0. The zero-order valence-corrected chi connectivity index (χ0v) is 13.7. The number of para-hydroxylation sites is 1. The number of amides is 2. The Bertz CT molecular complexity index is 708. The van der Waals surface area contributed by atoms with Crippen LogP contribution in [-0.2, 0) is 4.79 Å². The van der Waals surface area contributed by atoms with Crippen molar-refractivity contribution in [2.75, 3.05) is 10.6 Å². The Morgan fingerprint density at radius 2 is 1.74 bits per heavy atom. The van der Waals surface area contributed by atoms with Gasteiger partial charge in [0.2, 0.25) is 5.91 Å². The van der Waals surface area contributed by atoms with Gasteiger partial charge in [0.05, 0.1) is 0 Å². The fourth-order valence-electron chi connectivity index (χ4n) is 2.30. The van der Waals surface area contributed by atoms with Crippen molar-refractivity contribution in [1.82, 2.24) is 0 Å². The zero-order valence-electron chi connectivity index (χ0n) is 13.7. The van der Waals surface area contributed by atoms with Gasteiger partial charge in [-0.15, -0.1) is 0 Å². The van der Waals surface area contributed by atoms with Crippen LogP contribution in [0.5, 0.6) is 0 Å². The average Bonchev–Trinajstić information content (AvgIpc) is 2.55. The minimum Gasteiger partial charge on any atom is -0.326 e. The molecule has 0 spiro atoms. The first-order valence-electron chi connectivity index (χ1n) is 7.81. The second-order valence-corrected chi connectivity index (χ2v) is 5.68. The van der Waals surface area contributed by atoms with Gasteiger partial charge in [0.25, 0.3) is 5.91 Å². The number of benzene rings is 2. The predicted molar refractivity (Wildman–Crippen MR) is 93.8 cm³/mol. The van der Waals surface area contributed by atoms with Gasteiger partial charge in [-0.1, -0.05) is 45.0 Å². The van der Waals surface area contributed by atoms with E-state index in [2.05, 4.69) is 24.5 Å². The lowest BCUT2D eigenvalue weighted by Gasteiger charge is -2.14. The highest BCUT2D eigenvalue weighted by molar-refractivity contribution is 6.05. The lowest BCUT2D eigenvalue weighted by atomic mass is 10.0. The Hall–Kier alpha value is -2.62. The average molecular weight is 310 g/mol. The number of nitrogens with one attached hydrogen (secondary N) is 2. The maximum absolute atomic E-state index is 12.5. The number of rotatable bonds is 5. The fourth-order valence-corrected chi connectivity index (χ4v) is 2.30. The Kier molecular flexibility index (Phi) is 5.52. The molecule has 0 saturated heterocycles. The van der Waals surface area contributed by atoms with E-state index < -0.39 is 0 Å². The van der Waals surface area contributed by atoms with Crippen LogP contribution in [-0.4, -0.2) is 11.8 Å². The Balaban J connectivity index is 2.18. The Morgan fingerprint density at radius 1 is 1.00 bits per heavy atom. The van der Waals surface area contributed by atoms with Crippen LogP contribution in [0.3, 0.4) is 0 Å². The van der Waals surface area contributed by atoms with Crippen LogP contribution in [0.4, 0.5) is 11.4 Å². The molecule has 0 aliphatic rings. The summed E-state index contributed by atoms with van der Waals surface area (Å²) in [5.41, 5.74) is 3.05. The van der Waals surface area contributed by atoms with Crippen molar-refractivity contribution in [2.24, 2.45) is 0 Å². The summed E-state index contributed by atoms with van der Waals surface area (Å²) in [6.07, 6.45) is 0.401. The highest BCUT2D eigenvalue weighted by Crippen LogP contribution is 2.24. The molecule has 2 rings (SSSR count). The maximum atomic E-state index is 12.5. The van der Waals surface area contributed by atoms with E-state index in [1.54, 1.807) is 31.2 Å². The minimum absolute atomic E-state index is 0.0762. The second-order valence-electron chi connectivity index (χ2n) is 5.68. The van der Waals surface area contributed by atoms with Crippen molar-refractivity contribution in [1.29, 1.82) is 0 Å². The molecule has 0 radical (unpaired) electrons. The molecule has 0 heterocycles. The van der Waals surface area contributed by atoms with E-state index in [1.807, 2.05) is 24.3 Å². The van der Waals surface area contributed by atoms with Crippen LogP contribution < -0.4 is 10.6 Å². The van der Waals surface area contributed by atoms with Crippen molar-refractivity contribution in [2.45, 2.75) is 33.1 Å². The standard InChI is InChI=1S/C19H22N2O2/c1-4-18(22)20-15-9-7-8-14(12-15)19(23)21-17-11-6-5-10-16(17)13(2)3/h5-13H,4H2,1-3H3,(H,20,22)(H,21,23). The molecule has 2 N–H and O–H groups in total. The van der Waals surface area contributed by atoms with Gasteiger partial charge in [0.1, 0.15) is 0 Å². The monoisotopic (exact) mass is 310 g/mol. The summed E-state index contributed by atoms with van der Waals surface area (Å²) >= 11 is 0. The number of hydrogen-bond donors (Lipinski definition) is 2. The van der Waals surface area contributed by atoms with Crippen molar-refractivity contribution >= 4 is 23.2 Å². The summed E-state index contributed by atoms with van der Waals surface area (Å²) in [6.45, 7) is 5.96. The highest BCUT2D eigenvalue weighted by Gasteiger charge is 2.11. The molecule has 2 aromatic rings. The van der Waals surface area contributed by atoms with Crippen LogP contribution in [0.25, 0.3) is 0 Å². The van der Waals surface area contributed by atoms with Gasteiger partial charge in [-0.2, -0.15) is 0 Å². The number of carbonyl (C=O) groups is 2. The quantitative estimate of drug-likeness (QED) is 0.859. The van der Waals surface area contributed by atoms with Crippen molar-refractivity contribution < 1.29 is 9.59 Å². The number of anilines is 2. The summed E-state index contributed by atoms with van der Waals surface area (Å²) < 4.78 is 0. The van der Waals surface area contributed by atoms with Crippen molar-refractivity contribution in [3.8, 4) is 0 Å². The first-order chi connectivity index (χ1) is 11.0. The van der Waals surface area contributed by atoms with E-state index in [1.165, 1.54) is 0 Å². The highest BCUT2D eigenvalue weighted by atomic mass is 16.2. The van der Waals surface area contributed by atoms with E-state index in [0.29, 0.717) is 23.6 Å². The molecule has 23 heavy (non-hydrogen) atoms. The molecule has 4 nitrogen and oxygen atoms in total. The molecule has 0 saturated carbocycles. The third-order valence-corrected chi connectivity index (χ3v) is 3.56. The molecule has 2 aromatic carbocycles. The number of carbonyl (C=O) groups excluding carboxylic acids is 2. The fraction of sp³-hybridized carbons (Fsp3) is 0.263. The molecule has 0 fully saturated rings. The van der Waals surface area contributed by atoms with Crippen molar-refractivity contribution in [3.05, 3.63) is 59.7 Å². The van der Waals surface area contributed by atoms with Gasteiger partial charge in [-0.3, -0.25) is 9.59 Å². The normalized spacial score (nSPS) is 10.4. The molecule has 0 aliphatic heterocycles. The molecule has 4 heteroatoms. The third kappa shape index (κ3) is 4.42. The lowest BCUT2D eigenvalue weighted by Crippen LogP contribution is -2.15. The maximum Gasteiger partial charge on any atom is 0.255 e. The largest absolute Gasteiger partial charge is 0.326 e. The smallest absolute Gasteiger partial charge is 0.255 e. The third-order valence-electron chi connectivity index (χ3n) is 3.56. The van der Waals surface area contributed by atoms with Crippen LogP contribution in [0, 0.1) is 0 Å². The van der Waals surface area contributed by atoms with E-state index in [-0.39, 0.29) is 11.8 Å². The SMILES string of the molecule is CCC(=O)Nc1cccc(C(=O)Nc2ccccc2C(C)C)c1. The van der Waals surface area contributed by atoms with Gasteiger partial charge in [0.15, 0.2) is 0 Å². The van der Waals surface area contributed by atoms with Gasteiger partial charge in [-0.05, 0) is 35.7 Å². The van der Waals surface area contributed by atoms with Crippen LogP contribution in [0.2, 0.25) is 0 Å². The van der Waals surface area contributed by atoms with Crippen LogP contribution in [0.1, 0.15) is 49.0 Å². The van der Waals surface area contributed by atoms with Gasteiger partial charge in [0, 0.05) is 23.4 Å². The molecule has 0 aliphatic carbocycles. The van der Waals surface area contributed by atoms with E-state index in [0.717, 1.165) is 11.3 Å². The first kappa shape index (κ1) is 16.7. The molecule has 0 bridgehead atoms. The molecule has 2 amide bonds. The predicted octanol–water partition coefficient (Wildman–Crippen LogP) is 4.41. The van der Waals surface area contributed by atoms with Crippen LogP contribution >= 0.6 is 0 Å². The van der Waals surface area contributed by atoms with E-state index >= 15 is 0 Å². The Morgan fingerprint density at radius 3 is 2.43 bits per heavy atom. The van der Waals surface area contributed by atoms with Crippen LogP contribution in [0.15, 0.2) is 48.5 Å². The summed E-state index contributed by atoms with van der Waals surface area (Å²) in [6, 6.07) is 14.7. The summed E-state index contributed by atoms with van der Waals surface area (Å²) in [5, 5.41) is 5.71. The molecule has 0 atom stereocenters. The van der Waals surface area contributed by atoms with Crippen molar-refractivity contribution in [3.63, 3.8) is 0 Å². The number of hydrogen-bond acceptors (Lipinski definition) is 2.